The number of amidine groups is 1. The molecule has 188 valence electrons. The number of halogens is 1. The zero-order valence-corrected chi connectivity index (χ0v) is 21.1. The molecule has 0 bridgehead atoms. The highest BCUT2D eigenvalue weighted by Crippen LogP contribution is 2.30. The molecule has 1 heterocycles. The van der Waals surface area contributed by atoms with Gasteiger partial charge in [-0.05, 0) is 89.0 Å². The van der Waals surface area contributed by atoms with Gasteiger partial charge in [-0.25, -0.2) is 4.39 Å². The van der Waals surface area contributed by atoms with Crippen molar-refractivity contribution in [1.29, 1.82) is 0 Å². The molecule has 0 aromatic heterocycles. The fourth-order valence-electron chi connectivity index (χ4n) is 4.67. The van der Waals surface area contributed by atoms with E-state index in [4.69, 9.17) is 4.74 Å². The number of ether oxygens (including phenoxy) is 1. The Labute approximate surface area is 212 Å². The molecular formula is C30H33FN2O3. The van der Waals surface area contributed by atoms with Crippen LogP contribution < -0.4 is 10.1 Å². The predicted molar refractivity (Wildman–Crippen MR) is 141 cm³/mol. The standard InChI is InChI=1S/C30H33FN2O3/c1-19(23-14-22(18-34)15-27(17-23)36-3)11-29(35)25-13-21(4-7-30-32-8-9-33-30)12-24(16-25)28-6-5-26(31)10-20(28)2/h5-6,10,12-17,19,34H,4,7-9,11,18H2,1-3H3,(H,32,33). The number of carbonyl (C=O) groups is 1. The average Bonchev–Trinajstić information content (AvgIpc) is 3.40. The molecule has 0 saturated heterocycles. The quantitative estimate of drug-likeness (QED) is 0.364. The van der Waals surface area contributed by atoms with Crippen molar-refractivity contribution in [1.82, 2.24) is 5.32 Å². The first-order valence-electron chi connectivity index (χ1n) is 12.4. The van der Waals surface area contributed by atoms with Gasteiger partial charge in [-0.2, -0.15) is 0 Å². The molecule has 5 nitrogen and oxygen atoms in total. The highest BCUT2D eigenvalue weighted by Gasteiger charge is 2.17. The number of nitrogens with zero attached hydrogens (tertiary/aromatic N) is 1. The molecular weight excluding hydrogens is 455 g/mol. The summed E-state index contributed by atoms with van der Waals surface area (Å²) in [6, 6.07) is 16.3. The Balaban J connectivity index is 1.63. The monoisotopic (exact) mass is 488 g/mol. The van der Waals surface area contributed by atoms with E-state index < -0.39 is 0 Å². The summed E-state index contributed by atoms with van der Waals surface area (Å²) in [5.74, 6) is 1.36. The van der Waals surface area contributed by atoms with E-state index in [0.29, 0.717) is 17.7 Å². The van der Waals surface area contributed by atoms with Crippen molar-refractivity contribution >= 4 is 11.6 Å². The number of aliphatic hydroxyl groups is 1. The van der Waals surface area contributed by atoms with E-state index in [0.717, 1.165) is 65.1 Å². The third-order valence-corrected chi connectivity index (χ3v) is 6.68. The third-order valence-electron chi connectivity index (χ3n) is 6.68. The maximum absolute atomic E-state index is 13.8. The van der Waals surface area contributed by atoms with E-state index in [1.54, 1.807) is 19.2 Å². The van der Waals surface area contributed by atoms with E-state index >= 15 is 0 Å². The van der Waals surface area contributed by atoms with Crippen molar-refractivity contribution in [2.45, 2.75) is 45.6 Å². The second-order valence-corrected chi connectivity index (χ2v) is 9.43. The Morgan fingerprint density at radius 2 is 1.94 bits per heavy atom. The van der Waals surface area contributed by atoms with Crippen molar-refractivity contribution in [3.8, 4) is 16.9 Å². The number of aliphatic imine (C=N–C) groups is 1. The first kappa shape index (κ1) is 25.6. The van der Waals surface area contributed by atoms with Gasteiger partial charge in [0.2, 0.25) is 0 Å². The number of methoxy groups -OCH3 is 1. The SMILES string of the molecule is COc1cc(CO)cc(C(C)CC(=O)c2cc(CCC3=NCCN3)cc(-c3ccc(F)cc3C)c2)c1. The Bertz CT molecular complexity index is 1260. The summed E-state index contributed by atoms with van der Waals surface area (Å²) in [5, 5.41) is 12.9. The number of aliphatic hydroxyl groups excluding tert-OH is 1. The summed E-state index contributed by atoms with van der Waals surface area (Å²) >= 11 is 0. The van der Waals surface area contributed by atoms with Gasteiger partial charge >= 0.3 is 0 Å². The number of Topliss-reactive ketones (excluding diaryl/α,β-unsaturated/α-hetero) is 1. The van der Waals surface area contributed by atoms with E-state index in [1.165, 1.54) is 12.1 Å². The summed E-state index contributed by atoms with van der Waals surface area (Å²) < 4.78 is 19.1. The lowest BCUT2D eigenvalue weighted by Gasteiger charge is -2.16. The van der Waals surface area contributed by atoms with Gasteiger partial charge in [0.15, 0.2) is 5.78 Å². The molecule has 3 aromatic rings. The molecule has 0 radical (unpaired) electrons. The number of hydrogen-bond acceptors (Lipinski definition) is 5. The Hall–Kier alpha value is -3.51. The van der Waals surface area contributed by atoms with Gasteiger partial charge in [0.05, 0.1) is 26.1 Å². The zero-order chi connectivity index (χ0) is 25.7. The van der Waals surface area contributed by atoms with Crippen molar-refractivity contribution in [2.75, 3.05) is 20.2 Å². The lowest BCUT2D eigenvalue weighted by Crippen LogP contribution is -2.18. The fraction of sp³-hybridized carbons (Fsp3) is 0.333. The van der Waals surface area contributed by atoms with E-state index in [2.05, 4.69) is 16.4 Å². The van der Waals surface area contributed by atoms with Crippen LogP contribution in [0.5, 0.6) is 5.75 Å². The molecule has 0 fully saturated rings. The number of benzene rings is 3. The number of carbonyl (C=O) groups excluding carboxylic acids is 1. The minimum absolute atomic E-state index is 0.0371. The molecule has 0 aliphatic carbocycles. The van der Waals surface area contributed by atoms with Crippen LogP contribution >= 0.6 is 0 Å². The van der Waals surface area contributed by atoms with E-state index in [1.807, 2.05) is 38.1 Å². The van der Waals surface area contributed by atoms with Crippen LogP contribution in [0.4, 0.5) is 4.39 Å². The normalized spacial score (nSPS) is 13.8. The van der Waals surface area contributed by atoms with Crippen LogP contribution in [0.25, 0.3) is 11.1 Å². The molecule has 1 aliphatic rings. The second-order valence-electron chi connectivity index (χ2n) is 9.43. The molecule has 36 heavy (non-hydrogen) atoms. The molecule has 2 N–H and O–H groups in total. The van der Waals surface area contributed by atoms with E-state index in [-0.39, 0.29) is 24.1 Å². The van der Waals surface area contributed by atoms with Crippen LogP contribution in [0.1, 0.15) is 58.3 Å². The number of rotatable bonds is 10. The van der Waals surface area contributed by atoms with Gasteiger partial charge in [0.25, 0.3) is 0 Å². The van der Waals surface area contributed by atoms with Crippen molar-refractivity contribution in [3.63, 3.8) is 0 Å². The lowest BCUT2D eigenvalue weighted by molar-refractivity contribution is 0.0975. The Kier molecular flexibility index (Phi) is 8.16. The molecule has 1 aliphatic heterocycles. The summed E-state index contributed by atoms with van der Waals surface area (Å²) in [6.45, 7) is 5.47. The summed E-state index contributed by atoms with van der Waals surface area (Å²) in [5.41, 5.74) is 6.04. The molecule has 4 rings (SSSR count). The Morgan fingerprint density at radius 3 is 2.64 bits per heavy atom. The molecule has 0 amide bonds. The first-order valence-corrected chi connectivity index (χ1v) is 12.4. The summed E-state index contributed by atoms with van der Waals surface area (Å²) in [6.07, 6.45) is 1.85. The lowest BCUT2D eigenvalue weighted by atomic mass is 9.89. The van der Waals surface area contributed by atoms with Crippen LogP contribution in [0.15, 0.2) is 59.6 Å². The molecule has 3 aromatic carbocycles. The Morgan fingerprint density at radius 1 is 1.11 bits per heavy atom. The van der Waals surface area contributed by atoms with Crippen LogP contribution in [-0.4, -0.2) is 36.9 Å². The van der Waals surface area contributed by atoms with Crippen molar-refractivity contribution < 1.29 is 19.0 Å². The fourth-order valence-corrected chi connectivity index (χ4v) is 4.67. The number of nitrogens with one attached hydrogen (secondary N) is 1. The first-order chi connectivity index (χ1) is 17.4. The van der Waals surface area contributed by atoms with Gasteiger partial charge in [0.1, 0.15) is 11.6 Å². The topological polar surface area (TPSA) is 70.9 Å². The van der Waals surface area contributed by atoms with Gasteiger partial charge in [-0.3, -0.25) is 9.79 Å². The highest BCUT2D eigenvalue weighted by atomic mass is 19.1. The van der Waals surface area contributed by atoms with Crippen LogP contribution in [0, 0.1) is 12.7 Å². The van der Waals surface area contributed by atoms with E-state index in [9.17, 15) is 14.3 Å². The zero-order valence-electron chi connectivity index (χ0n) is 21.1. The predicted octanol–water partition coefficient (Wildman–Crippen LogP) is 5.61. The van der Waals surface area contributed by atoms with Crippen LogP contribution in [0.3, 0.4) is 0 Å². The number of ketones is 1. The smallest absolute Gasteiger partial charge is 0.163 e. The average molecular weight is 489 g/mol. The van der Waals surface area contributed by atoms with Gasteiger partial charge in [0, 0.05) is 24.9 Å². The van der Waals surface area contributed by atoms with Gasteiger partial charge in [-0.15, -0.1) is 0 Å². The van der Waals surface area contributed by atoms with Gasteiger partial charge < -0.3 is 15.2 Å². The van der Waals surface area contributed by atoms with Crippen LogP contribution in [-0.2, 0) is 13.0 Å². The third kappa shape index (κ3) is 6.18. The number of hydrogen-bond donors (Lipinski definition) is 2. The number of aryl methyl sites for hydroxylation is 2. The minimum atomic E-state index is -0.275. The largest absolute Gasteiger partial charge is 0.497 e. The maximum Gasteiger partial charge on any atom is 0.163 e. The molecule has 0 saturated carbocycles. The second kappa shape index (κ2) is 11.5. The molecule has 0 spiro atoms. The van der Waals surface area contributed by atoms with Gasteiger partial charge in [-0.1, -0.05) is 25.1 Å². The summed E-state index contributed by atoms with van der Waals surface area (Å²) in [4.78, 5) is 18.0. The van der Waals surface area contributed by atoms with Crippen LogP contribution in [0.2, 0.25) is 0 Å². The molecule has 6 heteroatoms. The molecule has 1 atom stereocenters. The minimum Gasteiger partial charge on any atom is -0.497 e. The maximum atomic E-state index is 13.8. The van der Waals surface area contributed by atoms with Crippen molar-refractivity contribution in [3.05, 3.63) is 88.2 Å². The van der Waals surface area contributed by atoms with Crippen molar-refractivity contribution in [2.24, 2.45) is 4.99 Å². The highest BCUT2D eigenvalue weighted by molar-refractivity contribution is 5.98. The molecule has 1 unspecified atom stereocenters. The summed E-state index contributed by atoms with van der Waals surface area (Å²) in [7, 11) is 1.59.